The Morgan fingerprint density at radius 1 is 1.18 bits per heavy atom. The SMILES string of the molecule is CN1CCCC1CCNC(=O)c1cscc1S(=O)(=O)Nc1ccc2c(c1C(=O)O)CCCC2. The summed E-state index contributed by atoms with van der Waals surface area (Å²) in [5.41, 5.74) is 1.74. The number of sulfonamides is 1. The van der Waals surface area contributed by atoms with Gasteiger partial charge in [0.25, 0.3) is 15.9 Å². The number of nitrogens with zero attached hydrogens (tertiary/aromatic N) is 1. The van der Waals surface area contributed by atoms with Crippen LogP contribution in [0.5, 0.6) is 0 Å². The first-order valence-electron chi connectivity index (χ1n) is 11.2. The van der Waals surface area contributed by atoms with E-state index in [1.165, 1.54) is 16.8 Å². The molecular weight excluding hydrogens is 462 g/mol. The van der Waals surface area contributed by atoms with Crippen LogP contribution < -0.4 is 10.0 Å². The summed E-state index contributed by atoms with van der Waals surface area (Å²) in [5.74, 6) is -1.60. The van der Waals surface area contributed by atoms with Crippen molar-refractivity contribution in [2.24, 2.45) is 0 Å². The van der Waals surface area contributed by atoms with Gasteiger partial charge in [-0.2, -0.15) is 11.3 Å². The number of benzene rings is 1. The van der Waals surface area contributed by atoms with Crippen molar-refractivity contribution in [3.63, 3.8) is 0 Å². The molecule has 1 aromatic heterocycles. The molecule has 1 aliphatic heterocycles. The minimum absolute atomic E-state index is 0.00214. The first-order valence-corrected chi connectivity index (χ1v) is 13.7. The second-order valence-corrected chi connectivity index (χ2v) is 11.1. The van der Waals surface area contributed by atoms with Crippen LogP contribution >= 0.6 is 11.3 Å². The van der Waals surface area contributed by atoms with Crippen molar-refractivity contribution in [1.29, 1.82) is 0 Å². The van der Waals surface area contributed by atoms with Crippen molar-refractivity contribution in [1.82, 2.24) is 10.2 Å². The van der Waals surface area contributed by atoms with Crippen LogP contribution in [0.15, 0.2) is 27.8 Å². The number of rotatable bonds is 8. The fourth-order valence-electron chi connectivity index (χ4n) is 4.81. The summed E-state index contributed by atoms with van der Waals surface area (Å²) < 4.78 is 28.8. The van der Waals surface area contributed by atoms with Gasteiger partial charge >= 0.3 is 5.97 Å². The van der Waals surface area contributed by atoms with Crippen LogP contribution in [0.3, 0.4) is 0 Å². The molecule has 1 atom stereocenters. The molecular formula is C23H29N3O5S2. The number of aryl methyl sites for hydroxylation is 1. The number of hydrogen-bond donors (Lipinski definition) is 3. The lowest BCUT2D eigenvalue weighted by Crippen LogP contribution is -2.32. The van der Waals surface area contributed by atoms with Crippen molar-refractivity contribution >= 4 is 38.9 Å². The normalized spacial score (nSPS) is 18.6. The molecule has 1 aromatic carbocycles. The average Bonchev–Trinajstić information content (AvgIpc) is 3.43. The summed E-state index contributed by atoms with van der Waals surface area (Å²) in [4.78, 5) is 26.9. The van der Waals surface area contributed by atoms with E-state index in [0.717, 1.165) is 62.0 Å². The van der Waals surface area contributed by atoms with Gasteiger partial charge in [-0.1, -0.05) is 6.07 Å². The summed E-state index contributed by atoms with van der Waals surface area (Å²) in [6.45, 7) is 1.52. The molecule has 1 fully saturated rings. The third kappa shape index (κ3) is 5.07. The summed E-state index contributed by atoms with van der Waals surface area (Å²) >= 11 is 1.12. The van der Waals surface area contributed by atoms with E-state index < -0.39 is 21.9 Å². The number of amides is 1. The van der Waals surface area contributed by atoms with Crippen molar-refractivity contribution in [2.45, 2.75) is 55.9 Å². The molecule has 0 saturated carbocycles. The molecule has 3 N–H and O–H groups in total. The lowest BCUT2D eigenvalue weighted by molar-refractivity contribution is 0.0696. The Balaban J connectivity index is 1.52. The van der Waals surface area contributed by atoms with Crippen molar-refractivity contribution < 1.29 is 23.1 Å². The van der Waals surface area contributed by atoms with Gasteiger partial charge < -0.3 is 15.3 Å². The van der Waals surface area contributed by atoms with Crippen LogP contribution in [0.25, 0.3) is 0 Å². The maximum Gasteiger partial charge on any atom is 0.338 e. The van der Waals surface area contributed by atoms with Crippen LogP contribution in [0.4, 0.5) is 5.69 Å². The highest BCUT2D eigenvalue weighted by Crippen LogP contribution is 2.32. The zero-order chi connectivity index (χ0) is 23.6. The van der Waals surface area contributed by atoms with Gasteiger partial charge in [-0.25, -0.2) is 13.2 Å². The van der Waals surface area contributed by atoms with Crippen molar-refractivity contribution in [3.8, 4) is 0 Å². The van der Waals surface area contributed by atoms with Crippen LogP contribution in [0.1, 0.15) is 63.9 Å². The molecule has 2 aromatic rings. The first kappa shape index (κ1) is 23.7. The van der Waals surface area contributed by atoms with Gasteiger partial charge in [0.15, 0.2) is 0 Å². The van der Waals surface area contributed by atoms with E-state index in [1.807, 2.05) is 0 Å². The van der Waals surface area contributed by atoms with E-state index >= 15 is 0 Å². The second kappa shape index (κ2) is 9.82. The van der Waals surface area contributed by atoms with E-state index in [-0.39, 0.29) is 21.7 Å². The minimum atomic E-state index is -4.15. The Labute approximate surface area is 198 Å². The number of carboxylic acid groups (broad SMARTS) is 1. The first-order chi connectivity index (χ1) is 15.8. The molecule has 1 unspecified atom stereocenters. The highest BCUT2D eigenvalue weighted by atomic mass is 32.2. The van der Waals surface area contributed by atoms with Crippen molar-refractivity contribution in [2.75, 3.05) is 24.9 Å². The van der Waals surface area contributed by atoms with E-state index in [2.05, 4.69) is 22.0 Å². The van der Waals surface area contributed by atoms with E-state index in [4.69, 9.17) is 0 Å². The number of likely N-dealkylation sites (tertiary alicyclic amines) is 1. The number of fused-ring (bicyclic) bond motifs is 1. The van der Waals surface area contributed by atoms with Gasteiger partial charge in [0.1, 0.15) is 4.90 Å². The standard InChI is InChI=1S/C23H29N3O5S2/c1-26-12-4-6-16(26)10-11-24-22(27)18-13-32-14-20(18)33(30,31)25-19-9-8-15-5-2-3-7-17(15)21(19)23(28)29/h8-9,13-14,16,25H,2-7,10-12H2,1H3,(H,24,27)(H,28,29). The van der Waals surface area contributed by atoms with Crippen LogP contribution in [-0.4, -0.2) is 56.5 Å². The van der Waals surface area contributed by atoms with Gasteiger partial charge in [-0.3, -0.25) is 9.52 Å². The molecule has 8 nitrogen and oxygen atoms in total. The largest absolute Gasteiger partial charge is 0.478 e. The molecule has 1 amide bonds. The second-order valence-electron chi connectivity index (χ2n) is 8.71. The number of aromatic carboxylic acids is 1. The Bertz CT molecular complexity index is 1160. The molecule has 1 saturated heterocycles. The zero-order valence-corrected chi connectivity index (χ0v) is 20.2. The molecule has 0 spiro atoms. The smallest absolute Gasteiger partial charge is 0.338 e. The number of anilines is 1. The van der Waals surface area contributed by atoms with E-state index in [9.17, 15) is 23.1 Å². The van der Waals surface area contributed by atoms with Gasteiger partial charge in [-0.15, -0.1) is 0 Å². The third-order valence-electron chi connectivity index (χ3n) is 6.59. The summed E-state index contributed by atoms with van der Waals surface area (Å²) in [6.07, 6.45) is 6.30. The maximum absolute atomic E-state index is 13.2. The van der Waals surface area contributed by atoms with E-state index in [0.29, 0.717) is 24.6 Å². The number of nitrogens with one attached hydrogen (secondary N) is 2. The summed E-state index contributed by atoms with van der Waals surface area (Å²) in [7, 11) is -2.08. The molecule has 2 aliphatic rings. The Morgan fingerprint density at radius 2 is 1.97 bits per heavy atom. The molecule has 4 rings (SSSR count). The Hall–Kier alpha value is -2.43. The molecule has 1 aliphatic carbocycles. The lowest BCUT2D eigenvalue weighted by Gasteiger charge is -2.21. The quantitative estimate of drug-likeness (QED) is 0.522. The molecule has 33 heavy (non-hydrogen) atoms. The highest BCUT2D eigenvalue weighted by Gasteiger charge is 2.28. The molecule has 0 radical (unpaired) electrons. The van der Waals surface area contributed by atoms with Crippen LogP contribution in [0, 0.1) is 0 Å². The van der Waals surface area contributed by atoms with Crippen molar-refractivity contribution in [3.05, 3.63) is 45.1 Å². The predicted molar refractivity (Wildman–Crippen MR) is 128 cm³/mol. The molecule has 0 bridgehead atoms. The van der Waals surface area contributed by atoms with Gasteiger partial charge in [0.05, 0.1) is 16.8 Å². The average molecular weight is 492 g/mol. The number of carbonyl (C=O) groups excluding carboxylic acids is 1. The number of thiophene rings is 1. The lowest BCUT2D eigenvalue weighted by atomic mass is 9.87. The minimum Gasteiger partial charge on any atom is -0.478 e. The highest BCUT2D eigenvalue weighted by molar-refractivity contribution is 7.93. The zero-order valence-electron chi connectivity index (χ0n) is 18.6. The van der Waals surface area contributed by atoms with Crippen LogP contribution in [0.2, 0.25) is 0 Å². The number of hydrogen-bond acceptors (Lipinski definition) is 6. The monoisotopic (exact) mass is 491 g/mol. The topological polar surface area (TPSA) is 116 Å². The molecule has 178 valence electrons. The molecule has 2 heterocycles. The third-order valence-corrected chi connectivity index (χ3v) is 8.88. The maximum atomic E-state index is 13.2. The van der Waals surface area contributed by atoms with Gasteiger partial charge in [-0.05, 0) is 75.7 Å². The van der Waals surface area contributed by atoms with Gasteiger partial charge in [0.2, 0.25) is 0 Å². The fraction of sp³-hybridized carbons (Fsp3) is 0.478. The fourth-order valence-corrected chi connectivity index (χ4v) is 7.25. The Morgan fingerprint density at radius 3 is 2.70 bits per heavy atom. The summed E-state index contributed by atoms with van der Waals surface area (Å²) in [5, 5.41) is 15.5. The number of carboxylic acids is 1. The predicted octanol–water partition coefficient (Wildman–Crippen LogP) is 3.34. The van der Waals surface area contributed by atoms with E-state index in [1.54, 1.807) is 6.07 Å². The van der Waals surface area contributed by atoms with Gasteiger partial charge in [0, 0.05) is 23.3 Å². The summed E-state index contributed by atoms with van der Waals surface area (Å²) in [6, 6.07) is 3.73. The number of carbonyl (C=O) groups is 2. The Kier molecular flexibility index (Phi) is 7.06. The van der Waals surface area contributed by atoms with Crippen LogP contribution in [-0.2, 0) is 22.9 Å². The molecule has 10 heteroatoms.